The van der Waals surface area contributed by atoms with Gasteiger partial charge < -0.3 is 9.79 Å². The van der Waals surface area contributed by atoms with Gasteiger partial charge in [0.2, 0.25) is 0 Å². The van der Waals surface area contributed by atoms with Gasteiger partial charge in [0.15, 0.2) is 0 Å². The minimum absolute atomic E-state index is 0.105. The second-order valence-electron chi connectivity index (χ2n) is 31.1. The van der Waals surface area contributed by atoms with Crippen LogP contribution in [0.15, 0.2) is 210 Å². The van der Waals surface area contributed by atoms with E-state index in [0.29, 0.717) is 12.3 Å². The normalized spacial score (nSPS) is 15.5. The molecule has 0 aromatic rings. The van der Waals surface area contributed by atoms with Gasteiger partial charge in [-0.1, -0.05) is 217 Å². The summed E-state index contributed by atoms with van der Waals surface area (Å²) in [5.74, 6) is 0.372. The topological polar surface area (TPSA) is 66.8 Å². The summed E-state index contributed by atoms with van der Waals surface area (Å²) < 4.78 is 15.4. The lowest BCUT2D eigenvalue weighted by molar-refractivity contribution is 0.185. The van der Waals surface area contributed by atoms with Crippen molar-refractivity contribution in [3.05, 3.63) is 210 Å². The summed E-state index contributed by atoms with van der Waals surface area (Å²) in [6, 6.07) is 0. The maximum atomic E-state index is 10.9. The highest BCUT2D eigenvalue weighted by Gasteiger charge is 2.14. The molecule has 1 atom stereocenters. The number of phosphoric ester groups is 1. The molecule has 0 amide bonds. The highest BCUT2D eigenvalue weighted by Crippen LogP contribution is 2.36. The summed E-state index contributed by atoms with van der Waals surface area (Å²) in [5.41, 5.74) is 27.1. The molecule has 4 nitrogen and oxygen atoms in total. The molecule has 0 aliphatic carbocycles. The van der Waals surface area contributed by atoms with Crippen LogP contribution in [0.3, 0.4) is 0 Å². The highest BCUT2D eigenvalue weighted by molar-refractivity contribution is 7.46. The first-order valence-electron chi connectivity index (χ1n) is 40.0. The second-order valence-corrected chi connectivity index (χ2v) is 32.3. The maximum absolute atomic E-state index is 10.9. The summed E-state index contributed by atoms with van der Waals surface area (Å²) in [6.45, 7) is 45.7. The predicted octanol–water partition coefficient (Wildman–Crippen LogP) is 32.2. The Balaban J connectivity index is 4.35. The number of rotatable bonds is 58. The van der Waals surface area contributed by atoms with Crippen molar-refractivity contribution in [3.8, 4) is 0 Å². The van der Waals surface area contributed by atoms with Gasteiger partial charge in [-0.25, -0.2) is 4.57 Å². The Morgan fingerprint density at radius 3 is 0.490 bits per heavy atom. The minimum Gasteiger partial charge on any atom is -0.303 e. The lowest BCUT2D eigenvalue weighted by atomic mass is 10.0. The Kier molecular flexibility index (Phi) is 59.0. The molecule has 0 heterocycles. The number of phosphoric acid groups is 1. The van der Waals surface area contributed by atoms with Gasteiger partial charge in [-0.15, -0.1) is 0 Å². The molecule has 0 saturated heterocycles. The third-order valence-corrected chi connectivity index (χ3v) is 20.1. The fourth-order valence-corrected chi connectivity index (χ4v) is 12.5. The van der Waals surface area contributed by atoms with Crippen molar-refractivity contribution in [3.63, 3.8) is 0 Å². The zero-order chi connectivity index (χ0) is 74.8. The molecule has 100 heavy (non-hydrogen) atoms. The van der Waals surface area contributed by atoms with Crippen LogP contribution in [0.25, 0.3) is 0 Å². The van der Waals surface area contributed by atoms with Crippen LogP contribution in [0.2, 0.25) is 0 Å². The molecule has 0 fully saturated rings. The maximum Gasteiger partial charge on any atom is 0.469 e. The Labute approximate surface area is 621 Å². The average molecular weight is 1390 g/mol. The molecule has 0 aromatic carbocycles. The van der Waals surface area contributed by atoms with Crippen molar-refractivity contribution >= 4 is 7.82 Å². The van der Waals surface area contributed by atoms with E-state index in [2.05, 4.69) is 252 Å². The summed E-state index contributed by atoms with van der Waals surface area (Å²) in [7, 11) is -4.36. The van der Waals surface area contributed by atoms with E-state index in [0.717, 1.165) is 180 Å². The molecule has 0 rings (SSSR count). The second kappa shape index (κ2) is 61.9. The summed E-state index contributed by atoms with van der Waals surface area (Å²) >= 11 is 0. The van der Waals surface area contributed by atoms with Crippen molar-refractivity contribution in [1.29, 1.82) is 0 Å². The summed E-state index contributed by atoms with van der Waals surface area (Å²) in [6.07, 6.45) is 85.7. The highest BCUT2D eigenvalue weighted by atomic mass is 31.2. The van der Waals surface area contributed by atoms with Crippen LogP contribution in [-0.2, 0) is 9.09 Å². The molecular formula is C95H157O4P. The molecule has 0 saturated carbocycles. The first kappa shape index (κ1) is 95.4. The van der Waals surface area contributed by atoms with E-state index in [-0.39, 0.29) is 6.61 Å². The van der Waals surface area contributed by atoms with E-state index in [4.69, 9.17) is 9.79 Å². The molecule has 566 valence electrons. The third kappa shape index (κ3) is 65.5. The van der Waals surface area contributed by atoms with Crippen molar-refractivity contribution < 1.29 is 18.9 Å². The van der Waals surface area contributed by atoms with Gasteiger partial charge in [0.1, 0.15) is 0 Å². The number of allylic oxidation sites excluding steroid dienone is 36. The molecule has 0 bridgehead atoms. The Hall–Kier alpha value is -4.57. The zero-order valence-electron chi connectivity index (χ0n) is 69.0. The standard InChI is InChI=1S/C95H157O4P/c1-77(2)39-21-40-78(3)41-22-42-79(4)43-23-44-80(5)45-24-46-81(6)47-25-48-82(7)49-26-50-83(8)51-27-52-84(9)53-28-54-85(10)55-29-56-86(11)57-30-58-87(12)59-31-60-88(13)61-32-62-89(14)63-33-64-90(15)65-34-66-91(16)67-35-68-92(17)69-36-70-93(18)71-37-72-94(19)73-38-74-95(20)75-76-99-100(96,97)98/h39,41,43,45,47,49,51,53,55,57,59,61,63,65,67,69,71,73,95H,21-38,40,42,44,46,48,50,52,54,56,58,60,62,64,66,68,70,72,74-76H2,1-20H3,(H2,96,97,98)/b78-41+,79-43+,80-45-,81-47-,82-49-,83-51-,84-53-,85-55-,86-57-,87-59-,88-61-,89-63-,90-65-,91-67-,92-69-,93-71-,94-73-. The van der Waals surface area contributed by atoms with Crippen LogP contribution >= 0.6 is 7.82 Å². The quantitative estimate of drug-likeness (QED) is 0.0470. The Morgan fingerprint density at radius 1 is 0.230 bits per heavy atom. The van der Waals surface area contributed by atoms with Gasteiger partial charge in [-0.2, -0.15) is 0 Å². The van der Waals surface area contributed by atoms with E-state index in [1.54, 1.807) is 0 Å². The summed E-state index contributed by atoms with van der Waals surface area (Å²) in [5, 5.41) is 0. The number of hydrogen-bond acceptors (Lipinski definition) is 2. The minimum atomic E-state index is -4.36. The van der Waals surface area contributed by atoms with Gasteiger partial charge in [0, 0.05) is 0 Å². The van der Waals surface area contributed by atoms with E-state index in [1.165, 1.54) is 152 Å². The largest absolute Gasteiger partial charge is 0.469 e. The van der Waals surface area contributed by atoms with Crippen molar-refractivity contribution in [2.45, 2.75) is 376 Å². The first-order chi connectivity index (χ1) is 47.5. The predicted molar refractivity (Wildman–Crippen MR) is 451 cm³/mol. The zero-order valence-corrected chi connectivity index (χ0v) is 69.9. The van der Waals surface area contributed by atoms with Gasteiger partial charge in [0.05, 0.1) is 6.61 Å². The molecule has 0 aliphatic rings. The lowest BCUT2D eigenvalue weighted by Gasteiger charge is -2.11. The van der Waals surface area contributed by atoms with Crippen LogP contribution in [-0.4, -0.2) is 16.4 Å². The molecular weight excluding hydrogens is 1240 g/mol. The fourth-order valence-electron chi connectivity index (χ4n) is 12.2. The van der Waals surface area contributed by atoms with Crippen LogP contribution in [0.4, 0.5) is 0 Å². The molecule has 2 N–H and O–H groups in total. The Morgan fingerprint density at radius 2 is 0.360 bits per heavy atom. The molecule has 0 aromatic heterocycles. The molecule has 0 spiro atoms. The molecule has 1 unspecified atom stereocenters. The smallest absolute Gasteiger partial charge is 0.303 e. The van der Waals surface area contributed by atoms with Crippen molar-refractivity contribution in [1.82, 2.24) is 0 Å². The Bertz CT molecular complexity index is 2890. The van der Waals surface area contributed by atoms with E-state index < -0.39 is 7.82 Å². The monoisotopic (exact) mass is 1390 g/mol. The van der Waals surface area contributed by atoms with Gasteiger partial charge in [-0.05, 0) is 375 Å². The molecule has 5 heteroatoms. The van der Waals surface area contributed by atoms with Gasteiger partial charge in [-0.3, -0.25) is 4.52 Å². The molecule has 0 aliphatic heterocycles. The number of hydrogen-bond donors (Lipinski definition) is 2. The van der Waals surface area contributed by atoms with Crippen LogP contribution < -0.4 is 0 Å². The van der Waals surface area contributed by atoms with E-state index in [1.807, 2.05) is 0 Å². The van der Waals surface area contributed by atoms with Crippen LogP contribution in [0, 0.1) is 5.92 Å². The van der Waals surface area contributed by atoms with Crippen molar-refractivity contribution in [2.24, 2.45) is 5.92 Å². The average Bonchev–Trinajstić information content (AvgIpc) is 1.53. The lowest BCUT2D eigenvalue weighted by Crippen LogP contribution is -2.00. The SMILES string of the molecule is CC(C)=CCC/C(C)=C/CC/C(C)=C/CC/C(C)=C\CC/C(C)=C\CC/C(C)=C\CC/C(C)=C\CC/C(C)=C\CC/C(C)=C\CC/C(C)=C\CC/C(C)=C\CC/C(C)=C\CC/C(C)=C\CC/C(C)=C\CC/C(C)=C\CC/C(C)=C\CC/C(C)=C\CC/C(C)=C\CCC(C)CCOP(=O)(O)O. The van der Waals surface area contributed by atoms with Gasteiger partial charge >= 0.3 is 7.82 Å². The van der Waals surface area contributed by atoms with Crippen LogP contribution in [0.5, 0.6) is 0 Å². The summed E-state index contributed by atoms with van der Waals surface area (Å²) in [4.78, 5) is 17.7. The van der Waals surface area contributed by atoms with Crippen LogP contribution in [0.1, 0.15) is 376 Å². The fraction of sp³-hybridized carbons (Fsp3) is 0.621. The van der Waals surface area contributed by atoms with Gasteiger partial charge in [0.25, 0.3) is 0 Å². The van der Waals surface area contributed by atoms with E-state index >= 15 is 0 Å². The molecule has 0 radical (unpaired) electrons. The third-order valence-electron chi connectivity index (χ3n) is 19.6. The van der Waals surface area contributed by atoms with Crippen molar-refractivity contribution in [2.75, 3.05) is 6.61 Å². The van der Waals surface area contributed by atoms with E-state index in [9.17, 15) is 4.57 Å². The first-order valence-corrected chi connectivity index (χ1v) is 41.5.